The second kappa shape index (κ2) is 16.9. The molecule has 10 aromatic rings. The quantitative estimate of drug-likeness (QED) is 0.145. The molecule has 0 fully saturated rings. The fourth-order valence-corrected chi connectivity index (χ4v) is 7.74. The summed E-state index contributed by atoms with van der Waals surface area (Å²) in [4.78, 5) is 25.5. The first-order chi connectivity index (χ1) is 30.7. The molecule has 0 aliphatic rings. The number of benzene rings is 8. The lowest BCUT2D eigenvalue weighted by Gasteiger charge is -2.14. The zero-order chi connectivity index (χ0) is 41.7. The van der Waals surface area contributed by atoms with E-state index in [-0.39, 0.29) is 0 Å². The highest BCUT2D eigenvalue weighted by atomic mass is 15.0. The van der Waals surface area contributed by atoms with E-state index in [1.54, 1.807) is 0 Å². The van der Waals surface area contributed by atoms with Gasteiger partial charge in [0.1, 0.15) is 0 Å². The molecule has 8 aromatic carbocycles. The van der Waals surface area contributed by atoms with E-state index in [4.69, 9.17) is 24.9 Å². The van der Waals surface area contributed by atoms with Crippen LogP contribution in [0.15, 0.2) is 218 Å². The molecular weight excluding hydrogens is 757 g/mol. The van der Waals surface area contributed by atoms with Gasteiger partial charge in [-0.3, -0.25) is 0 Å². The lowest BCUT2D eigenvalue weighted by atomic mass is 9.94. The molecule has 0 bridgehead atoms. The first-order valence-electron chi connectivity index (χ1n) is 20.4. The summed E-state index contributed by atoms with van der Waals surface area (Å²) < 4.78 is 0. The zero-order valence-electron chi connectivity index (χ0n) is 33.5. The van der Waals surface area contributed by atoms with Crippen LogP contribution in [0.25, 0.3) is 101 Å². The van der Waals surface area contributed by atoms with Crippen molar-refractivity contribution in [3.05, 3.63) is 224 Å². The van der Waals surface area contributed by atoms with Crippen LogP contribution in [0.4, 0.5) is 0 Å². The molecule has 0 saturated carbocycles. The van der Waals surface area contributed by atoms with Gasteiger partial charge in [-0.05, 0) is 63.7 Å². The third kappa shape index (κ3) is 7.78. The van der Waals surface area contributed by atoms with E-state index < -0.39 is 0 Å². The van der Waals surface area contributed by atoms with Crippen LogP contribution in [0.1, 0.15) is 5.56 Å². The largest absolute Gasteiger partial charge is 0.228 e. The Bertz CT molecular complexity index is 3190. The fraction of sp³-hybridized carbons (Fsp3) is 0. The van der Waals surface area contributed by atoms with Crippen molar-refractivity contribution in [3.8, 4) is 108 Å². The standard InChI is InChI=1S/C56H36N6/c57-37-38-17-14-26-44(33-38)47-29-10-12-31-49(47)55-60-54(41-22-8-3-9-23-41)61-56(62-55)50-32-13-11-30-48(50)45-27-15-24-42(34-45)43-25-16-28-46(35-43)52-36-51(39-18-4-1-5-19-39)58-53(59-52)40-20-6-2-7-21-40/h1-36H. The lowest BCUT2D eigenvalue weighted by Crippen LogP contribution is -2.02. The normalized spacial score (nSPS) is 10.9. The van der Waals surface area contributed by atoms with Gasteiger partial charge in [-0.2, -0.15) is 5.26 Å². The minimum Gasteiger partial charge on any atom is -0.228 e. The maximum Gasteiger partial charge on any atom is 0.164 e. The van der Waals surface area contributed by atoms with E-state index in [2.05, 4.69) is 84.9 Å². The molecule has 2 heterocycles. The topological polar surface area (TPSA) is 88.2 Å². The first-order valence-corrected chi connectivity index (χ1v) is 20.4. The Hall–Kier alpha value is -8.66. The summed E-state index contributed by atoms with van der Waals surface area (Å²) in [7, 11) is 0. The first kappa shape index (κ1) is 37.6. The van der Waals surface area contributed by atoms with Gasteiger partial charge in [-0.15, -0.1) is 0 Å². The summed E-state index contributed by atoms with van der Waals surface area (Å²) in [6.07, 6.45) is 0. The lowest BCUT2D eigenvalue weighted by molar-refractivity contribution is 1.07. The molecule has 10 rings (SSSR count). The number of rotatable bonds is 9. The van der Waals surface area contributed by atoms with Crippen molar-refractivity contribution in [1.29, 1.82) is 5.26 Å². The van der Waals surface area contributed by atoms with Crippen molar-refractivity contribution in [2.24, 2.45) is 0 Å². The molecule has 0 saturated heterocycles. The van der Waals surface area contributed by atoms with Crippen LogP contribution in [0.5, 0.6) is 0 Å². The van der Waals surface area contributed by atoms with Gasteiger partial charge >= 0.3 is 0 Å². The van der Waals surface area contributed by atoms with Gasteiger partial charge in [-0.25, -0.2) is 24.9 Å². The second-order valence-electron chi connectivity index (χ2n) is 14.8. The molecule has 2 aromatic heterocycles. The molecule has 290 valence electrons. The van der Waals surface area contributed by atoms with Crippen LogP contribution in [-0.4, -0.2) is 24.9 Å². The highest BCUT2D eigenvalue weighted by Crippen LogP contribution is 2.37. The van der Waals surface area contributed by atoms with Gasteiger partial charge in [0, 0.05) is 33.4 Å². The average molecular weight is 793 g/mol. The molecule has 62 heavy (non-hydrogen) atoms. The summed E-state index contributed by atoms with van der Waals surface area (Å²) in [5, 5.41) is 9.68. The maximum absolute atomic E-state index is 9.68. The Balaban J connectivity index is 1.06. The Labute approximate surface area is 360 Å². The molecule has 6 heteroatoms. The van der Waals surface area contributed by atoms with Crippen molar-refractivity contribution in [2.45, 2.75) is 0 Å². The molecule has 0 unspecified atom stereocenters. The van der Waals surface area contributed by atoms with Gasteiger partial charge in [0.15, 0.2) is 23.3 Å². The van der Waals surface area contributed by atoms with Gasteiger partial charge in [0.05, 0.1) is 23.0 Å². The predicted molar refractivity (Wildman–Crippen MR) is 249 cm³/mol. The molecule has 0 aliphatic carbocycles. The van der Waals surface area contributed by atoms with Crippen LogP contribution in [0, 0.1) is 11.3 Å². The number of hydrogen-bond donors (Lipinski definition) is 0. The number of hydrogen-bond acceptors (Lipinski definition) is 6. The zero-order valence-corrected chi connectivity index (χ0v) is 33.5. The fourth-order valence-electron chi connectivity index (χ4n) is 7.74. The maximum atomic E-state index is 9.68. The van der Waals surface area contributed by atoms with E-state index in [0.29, 0.717) is 28.9 Å². The van der Waals surface area contributed by atoms with Gasteiger partial charge in [0.25, 0.3) is 0 Å². The predicted octanol–water partition coefficient (Wildman–Crippen LogP) is 13.5. The minimum atomic E-state index is 0.544. The van der Waals surface area contributed by atoms with E-state index in [1.807, 2.05) is 140 Å². The molecule has 0 amide bonds. The highest BCUT2D eigenvalue weighted by molar-refractivity contribution is 5.86. The summed E-state index contributed by atoms with van der Waals surface area (Å²) in [6, 6.07) is 75.8. The Morgan fingerprint density at radius 3 is 1.18 bits per heavy atom. The molecule has 0 radical (unpaired) electrons. The molecule has 0 spiro atoms. The van der Waals surface area contributed by atoms with Crippen LogP contribution in [-0.2, 0) is 0 Å². The van der Waals surface area contributed by atoms with Crippen LogP contribution in [0.3, 0.4) is 0 Å². The number of nitriles is 1. The summed E-state index contributed by atoms with van der Waals surface area (Å²) in [6.45, 7) is 0. The second-order valence-corrected chi connectivity index (χ2v) is 14.8. The third-order valence-corrected chi connectivity index (χ3v) is 10.8. The minimum absolute atomic E-state index is 0.544. The van der Waals surface area contributed by atoms with E-state index in [9.17, 15) is 5.26 Å². The number of aromatic nitrogens is 5. The van der Waals surface area contributed by atoms with Crippen molar-refractivity contribution in [2.75, 3.05) is 0 Å². The molecule has 0 aliphatic heterocycles. The van der Waals surface area contributed by atoms with Crippen LogP contribution >= 0.6 is 0 Å². The van der Waals surface area contributed by atoms with Crippen LogP contribution in [0.2, 0.25) is 0 Å². The van der Waals surface area contributed by atoms with Crippen LogP contribution < -0.4 is 0 Å². The van der Waals surface area contributed by atoms with E-state index in [1.165, 1.54) is 0 Å². The monoisotopic (exact) mass is 792 g/mol. The van der Waals surface area contributed by atoms with Crippen molar-refractivity contribution >= 4 is 0 Å². The van der Waals surface area contributed by atoms with Crippen molar-refractivity contribution in [3.63, 3.8) is 0 Å². The Morgan fingerprint density at radius 1 is 0.258 bits per heavy atom. The van der Waals surface area contributed by atoms with Crippen molar-refractivity contribution < 1.29 is 0 Å². The smallest absolute Gasteiger partial charge is 0.164 e. The van der Waals surface area contributed by atoms with Gasteiger partial charge < -0.3 is 0 Å². The summed E-state index contributed by atoms with van der Waals surface area (Å²) >= 11 is 0. The molecule has 0 N–H and O–H groups in total. The molecular formula is C56H36N6. The summed E-state index contributed by atoms with van der Waals surface area (Å²) in [5.74, 6) is 2.36. The van der Waals surface area contributed by atoms with Gasteiger partial charge in [0.2, 0.25) is 0 Å². The SMILES string of the molecule is N#Cc1cccc(-c2ccccc2-c2nc(-c3ccccc3)nc(-c3ccccc3-c3cccc(-c4cccc(-c5cc(-c6ccccc6)nc(-c6ccccc6)n5)c4)c3)n2)c1. The Morgan fingerprint density at radius 2 is 0.629 bits per heavy atom. The van der Waals surface area contributed by atoms with E-state index in [0.717, 1.165) is 78.1 Å². The Kier molecular flexibility index (Phi) is 10.3. The third-order valence-electron chi connectivity index (χ3n) is 10.8. The van der Waals surface area contributed by atoms with E-state index >= 15 is 0 Å². The average Bonchev–Trinajstić information content (AvgIpc) is 3.37. The van der Waals surface area contributed by atoms with Crippen molar-refractivity contribution in [1.82, 2.24) is 24.9 Å². The van der Waals surface area contributed by atoms with Gasteiger partial charge in [-0.1, -0.05) is 188 Å². The highest BCUT2D eigenvalue weighted by Gasteiger charge is 2.19. The summed E-state index contributed by atoms with van der Waals surface area (Å²) in [5.41, 5.74) is 13.9. The molecule has 6 nitrogen and oxygen atoms in total. The molecule has 0 atom stereocenters. The number of nitrogens with zero attached hydrogens (tertiary/aromatic N) is 6.